The third kappa shape index (κ3) is 3.86. The first-order valence-electron chi connectivity index (χ1n) is 8.60. The zero-order chi connectivity index (χ0) is 18.8. The largest absolute Gasteiger partial charge is 0.448 e. The summed E-state index contributed by atoms with van der Waals surface area (Å²) in [6.07, 6.45) is 1.30. The van der Waals surface area contributed by atoms with E-state index in [4.69, 9.17) is 20.5 Å². The molecule has 4 rings (SSSR count). The minimum absolute atomic E-state index is 0.0938. The summed E-state index contributed by atoms with van der Waals surface area (Å²) in [5.74, 6) is 1.54. The lowest BCUT2D eigenvalue weighted by molar-refractivity contribution is 0.0608. The van der Waals surface area contributed by atoms with Crippen LogP contribution < -0.4 is 0 Å². The van der Waals surface area contributed by atoms with Crippen molar-refractivity contribution < 1.29 is 13.7 Å². The number of rotatable bonds is 4. The number of piperazine rings is 1. The van der Waals surface area contributed by atoms with Crippen molar-refractivity contribution in [3.8, 4) is 11.4 Å². The number of carbonyl (C=O) groups is 1. The predicted octanol–water partition coefficient (Wildman–Crippen LogP) is 2.64. The van der Waals surface area contributed by atoms with Crippen molar-refractivity contribution in [3.63, 3.8) is 0 Å². The average Bonchev–Trinajstić information content (AvgIpc) is 3.31. The van der Waals surface area contributed by atoms with Gasteiger partial charge in [0.15, 0.2) is 12.1 Å². The molecule has 0 radical (unpaired) electrons. The van der Waals surface area contributed by atoms with Gasteiger partial charge in [-0.05, 0) is 31.2 Å². The summed E-state index contributed by atoms with van der Waals surface area (Å²) in [5.41, 5.74) is 1.24. The number of amides is 1. The summed E-state index contributed by atoms with van der Waals surface area (Å²) in [6, 6.07) is 7.29. The molecule has 0 spiro atoms. The van der Waals surface area contributed by atoms with Crippen LogP contribution in [0.5, 0.6) is 0 Å². The minimum atomic E-state index is -0.0938. The van der Waals surface area contributed by atoms with E-state index in [1.165, 1.54) is 6.39 Å². The first kappa shape index (κ1) is 17.7. The highest BCUT2D eigenvalue weighted by Crippen LogP contribution is 2.19. The average molecular weight is 388 g/mol. The number of oxazole rings is 1. The monoisotopic (exact) mass is 387 g/mol. The van der Waals surface area contributed by atoms with Gasteiger partial charge in [0.05, 0.1) is 6.54 Å². The van der Waals surface area contributed by atoms with Crippen LogP contribution >= 0.6 is 11.6 Å². The molecule has 140 valence electrons. The molecule has 0 bridgehead atoms. The summed E-state index contributed by atoms with van der Waals surface area (Å²) >= 11 is 5.90. The Bertz CT molecular complexity index is 929. The van der Waals surface area contributed by atoms with Crippen LogP contribution in [0.2, 0.25) is 5.02 Å². The lowest BCUT2D eigenvalue weighted by Gasteiger charge is -2.33. The van der Waals surface area contributed by atoms with Crippen LogP contribution in [-0.2, 0) is 6.54 Å². The molecule has 9 heteroatoms. The van der Waals surface area contributed by atoms with Gasteiger partial charge in [-0.25, -0.2) is 4.98 Å². The van der Waals surface area contributed by atoms with Gasteiger partial charge in [0, 0.05) is 36.8 Å². The van der Waals surface area contributed by atoms with Gasteiger partial charge in [-0.2, -0.15) is 4.98 Å². The Hall–Kier alpha value is -2.71. The van der Waals surface area contributed by atoms with Crippen LogP contribution in [0.4, 0.5) is 0 Å². The Morgan fingerprint density at radius 1 is 1.19 bits per heavy atom. The zero-order valence-corrected chi connectivity index (χ0v) is 15.5. The highest BCUT2D eigenvalue weighted by atomic mass is 35.5. The van der Waals surface area contributed by atoms with Crippen molar-refractivity contribution in [3.05, 3.63) is 53.0 Å². The molecule has 3 heterocycles. The standard InChI is InChI=1S/C18H18ClN5O3/c1-12-16(20-11-26-12)18(25)24-8-6-23(7-9-24)10-15-21-17(22-27-15)13-2-4-14(19)5-3-13/h2-5,11H,6-10H2,1H3. The maximum absolute atomic E-state index is 12.5. The molecule has 1 amide bonds. The Kier molecular flexibility index (Phi) is 4.91. The van der Waals surface area contributed by atoms with E-state index in [0.717, 1.165) is 18.7 Å². The SMILES string of the molecule is Cc1ocnc1C(=O)N1CCN(Cc2nc(-c3ccc(Cl)cc3)no2)CC1. The van der Waals surface area contributed by atoms with Gasteiger partial charge in [-0.15, -0.1) is 0 Å². The Morgan fingerprint density at radius 3 is 2.59 bits per heavy atom. The summed E-state index contributed by atoms with van der Waals surface area (Å²) in [4.78, 5) is 24.9. The van der Waals surface area contributed by atoms with Crippen LogP contribution in [0.3, 0.4) is 0 Å². The lowest BCUT2D eigenvalue weighted by Crippen LogP contribution is -2.48. The van der Waals surface area contributed by atoms with Crippen LogP contribution in [0.1, 0.15) is 22.1 Å². The normalized spacial score (nSPS) is 15.3. The Labute approximate surface area is 160 Å². The second kappa shape index (κ2) is 7.50. The van der Waals surface area contributed by atoms with Crippen LogP contribution in [-0.4, -0.2) is 57.0 Å². The molecule has 0 atom stereocenters. The molecule has 0 saturated carbocycles. The number of aryl methyl sites for hydroxylation is 1. The second-order valence-corrected chi connectivity index (χ2v) is 6.78. The van der Waals surface area contributed by atoms with E-state index < -0.39 is 0 Å². The number of nitrogens with zero attached hydrogens (tertiary/aromatic N) is 5. The maximum Gasteiger partial charge on any atom is 0.276 e. The van der Waals surface area contributed by atoms with E-state index in [9.17, 15) is 4.79 Å². The third-order valence-electron chi connectivity index (χ3n) is 4.54. The molecule has 8 nitrogen and oxygen atoms in total. The molecule has 1 saturated heterocycles. The molecule has 27 heavy (non-hydrogen) atoms. The van der Waals surface area contributed by atoms with E-state index in [1.807, 2.05) is 12.1 Å². The molecular formula is C18H18ClN5O3. The quantitative estimate of drug-likeness (QED) is 0.679. The molecule has 3 aromatic rings. The second-order valence-electron chi connectivity index (χ2n) is 6.34. The maximum atomic E-state index is 12.5. The van der Waals surface area contributed by atoms with Gasteiger partial charge in [0.1, 0.15) is 5.76 Å². The van der Waals surface area contributed by atoms with E-state index in [-0.39, 0.29) is 5.91 Å². The Morgan fingerprint density at radius 2 is 1.93 bits per heavy atom. The third-order valence-corrected chi connectivity index (χ3v) is 4.79. The fraction of sp³-hybridized carbons (Fsp3) is 0.333. The minimum Gasteiger partial charge on any atom is -0.448 e. The zero-order valence-electron chi connectivity index (χ0n) is 14.8. The van der Waals surface area contributed by atoms with Crippen molar-refractivity contribution in [2.75, 3.05) is 26.2 Å². The first-order chi connectivity index (χ1) is 13.1. The molecule has 1 fully saturated rings. The fourth-order valence-corrected chi connectivity index (χ4v) is 3.12. The highest BCUT2D eigenvalue weighted by molar-refractivity contribution is 6.30. The van der Waals surface area contributed by atoms with Gasteiger partial charge < -0.3 is 13.8 Å². The molecule has 0 aliphatic carbocycles. The number of hydrogen-bond donors (Lipinski definition) is 0. The van der Waals surface area contributed by atoms with Crippen molar-refractivity contribution in [1.82, 2.24) is 24.9 Å². The molecule has 1 aliphatic heterocycles. The summed E-state index contributed by atoms with van der Waals surface area (Å²) < 4.78 is 10.5. The van der Waals surface area contributed by atoms with Crippen LogP contribution in [0.25, 0.3) is 11.4 Å². The number of carbonyl (C=O) groups excluding carboxylic acids is 1. The van der Waals surface area contributed by atoms with Gasteiger partial charge in [0.2, 0.25) is 11.7 Å². The van der Waals surface area contributed by atoms with E-state index in [2.05, 4.69) is 20.0 Å². The van der Waals surface area contributed by atoms with Gasteiger partial charge in [-0.1, -0.05) is 16.8 Å². The van der Waals surface area contributed by atoms with Gasteiger partial charge in [0.25, 0.3) is 5.91 Å². The summed E-state index contributed by atoms with van der Waals surface area (Å²) in [6.45, 7) is 4.96. The Balaban J connectivity index is 1.34. The van der Waals surface area contributed by atoms with E-state index >= 15 is 0 Å². The molecule has 0 N–H and O–H groups in total. The van der Waals surface area contributed by atoms with Crippen molar-refractivity contribution in [2.24, 2.45) is 0 Å². The van der Waals surface area contributed by atoms with Gasteiger partial charge >= 0.3 is 0 Å². The van der Waals surface area contributed by atoms with E-state index in [0.29, 0.717) is 47.8 Å². The van der Waals surface area contributed by atoms with Crippen LogP contribution in [0, 0.1) is 6.92 Å². The van der Waals surface area contributed by atoms with Crippen molar-refractivity contribution in [2.45, 2.75) is 13.5 Å². The highest BCUT2D eigenvalue weighted by Gasteiger charge is 2.26. The van der Waals surface area contributed by atoms with Gasteiger partial charge in [-0.3, -0.25) is 9.69 Å². The smallest absolute Gasteiger partial charge is 0.276 e. The molecule has 1 aliphatic rings. The fourth-order valence-electron chi connectivity index (χ4n) is 3.00. The van der Waals surface area contributed by atoms with Crippen molar-refractivity contribution in [1.29, 1.82) is 0 Å². The number of aromatic nitrogens is 3. The number of hydrogen-bond acceptors (Lipinski definition) is 7. The summed E-state index contributed by atoms with van der Waals surface area (Å²) in [7, 11) is 0. The molecule has 1 aromatic carbocycles. The number of benzene rings is 1. The summed E-state index contributed by atoms with van der Waals surface area (Å²) in [5, 5.41) is 4.69. The molecular weight excluding hydrogens is 370 g/mol. The lowest BCUT2D eigenvalue weighted by atomic mass is 10.2. The first-order valence-corrected chi connectivity index (χ1v) is 8.98. The predicted molar refractivity (Wildman–Crippen MR) is 97.2 cm³/mol. The molecule has 2 aromatic heterocycles. The topological polar surface area (TPSA) is 88.5 Å². The van der Waals surface area contributed by atoms with E-state index in [1.54, 1.807) is 24.0 Å². The van der Waals surface area contributed by atoms with Crippen LogP contribution in [0.15, 0.2) is 39.6 Å². The number of halogens is 1. The van der Waals surface area contributed by atoms with Crippen molar-refractivity contribution >= 4 is 17.5 Å². The molecule has 0 unspecified atom stereocenters.